The number of aromatic nitrogens is 2. The Kier molecular flexibility index (Phi) is 3.83. The maximum atomic E-state index is 12.0. The molecular formula is C16H15N3OS. The van der Waals surface area contributed by atoms with Crippen molar-refractivity contribution in [2.75, 3.05) is 5.32 Å². The summed E-state index contributed by atoms with van der Waals surface area (Å²) in [4.78, 5) is 14.3. The molecule has 0 atom stereocenters. The van der Waals surface area contributed by atoms with Crippen LogP contribution in [0.25, 0.3) is 10.6 Å². The number of hydrogen-bond donors (Lipinski definition) is 2. The zero-order chi connectivity index (χ0) is 14.7. The lowest BCUT2D eigenvalue weighted by atomic mass is 10.1. The number of H-pyrrole nitrogens is 1. The monoisotopic (exact) mass is 297 g/mol. The average molecular weight is 297 g/mol. The quantitative estimate of drug-likeness (QED) is 0.772. The minimum Gasteiger partial charge on any atom is -0.309 e. The van der Waals surface area contributed by atoms with Crippen LogP contribution in [0.2, 0.25) is 0 Å². The first-order valence-corrected chi connectivity index (χ1v) is 7.48. The molecule has 0 spiro atoms. The third-order valence-electron chi connectivity index (χ3n) is 3.06. The van der Waals surface area contributed by atoms with E-state index in [-0.39, 0.29) is 5.91 Å². The fourth-order valence-electron chi connectivity index (χ4n) is 2.06. The van der Waals surface area contributed by atoms with E-state index in [1.807, 2.05) is 42.5 Å². The lowest BCUT2D eigenvalue weighted by Gasteiger charge is -2.01. The van der Waals surface area contributed by atoms with Crippen molar-refractivity contribution in [1.82, 2.24) is 10.2 Å². The molecule has 0 bridgehead atoms. The molecule has 106 valence electrons. The van der Waals surface area contributed by atoms with Gasteiger partial charge < -0.3 is 5.32 Å². The smallest absolute Gasteiger partial charge is 0.229 e. The first-order chi connectivity index (χ1) is 10.2. The highest BCUT2D eigenvalue weighted by Crippen LogP contribution is 2.27. The second kappa shape index (κ2) is 5.93. The number of carbonyl (C=O) groups excluding carboxylic acids is 1. The largest absolute Gasteiger partial charge is 0.309 e. The predicted octanol–water partition coefficient (Wildman–Crippen LogP) is 3.63. The Labute approximate surface area is 126 Å². The number of benzene rings is 1. The molecule has 0 saturated heterocycles. The average Bonchev–Trinajstić information content (AvgIpc) is 3.09. The molecule has 2 heterocycles. The van der Waals surface area contributed by atoms with Crippen LogP contribution in [0.1, 0.15) is 10.4 Å². The van der Waals surface area contributed by atoms with Gasteiger partial charge in [-0.3, -0.25) is 9.89 Å². The van der Waals surface area contributed by atoms with Crippen molar-refractivity contribution in [3.8, 4) is 10.6 Å². The minimum atomic E-state index is -0.0680. The number of aromatic amines is 1. The van der Waals surface area contributed by atoms with Gasteiger partial charge in [0.25, 0.3) is 0 Å². The lowest BCUT2D eigenvalue weighted by molar-refractivity contribution is -0.115. The van der Waals surface area contributed by atoms with Gasteiger partial charge in [-0.05, 0) is 24.6 Å². The summed E-state index contributed by atoms with van der Waals surface area (Å²) in [5.74, 6) is 0.485. The maximum absolute atomic E-state index is 12.0. The van der Waals surface area contributed by atoms with E-state index in [2.05, 4.69) is 28.5 Å². The Morgan fingerprint density at radius 3 is 2.76 bits per heavy atom. The van der Waals surface area contributed by atoms with Crippen LogP contribution >= 0.6 is 11.3 Å². The van der Waals surface area contributed by atoms with E-state index in [1.54, 1.807) is 11.3 Å². The van der Waals surface area contributed by atoms with Gasteiger partial charge in [0.15, 0.2) is 5.82 Å². The number of aryl methyl sites for hydroxylation is 1. The number of amides is 1. The predicted molar refractivity (Wildman–Crippen MR) is 85.4 cm³/mol. The molecule has 0 aliphatic carbocycles. The van der Waals surface area contributed by atoms with Gasteiger partial charge >= 0.3 is 0 Å². The van der Waals surface area contributed by atoms with Crippen molar-refractivity contribution in [3.63, 3.8) is 0 Å². The van der Waals surface area contributed by atoms with Gasteiger partial charge in [0, 0.05) is 10.9 Å². The number of carbonyl (C=O) groups is 1. The Morgan fingerprint density at radius 1 is 1.24 bits per heavy atom. The van der Waals surface area contributed by atoms with E-state index in [9.17, 15) is 4.79 Å². The fourth-order valence-corrected chi connectivity index (χ4v) is 2.89. The van der Waals surface area contributed by atoms with Crippen LogP contribution < -0.4 is 5.32 Å². The molecule has 3 aromatic rings. The summed E-state index contributed by atoms with van der Waals surface area (Å²) in [5, 5.41) is 9.89. The molecule has 2 N–H and O–H groups in total. The van der Waals surface area contributed by atoms with Crippen molar-refractivity contribution in [2.45, 2.75) is 13.3 Å². The van der Waals surface area contributed by atoms with Crippen LogP contribution in [0.4, 0.5) is 5.82 Å². The zero-order valence-electron chi connectivity index (χ0n) is 11.6. The van der Waals surface area contributed by atoms with Crippen molar-refractivity contribution >= 4 is 23.1 Å². The van der Waals surface area contributed by atoms with Crippen molar-refractivity contribution in [3.05, 3.63) is 59.0 Å². The number of hydrogen-bond acceptors (Lipinski definition) is 3. The molecule has 0 fully saturated rings. The molecular weight excluding hydrogens is 282 g/mol. The molecule has 0 radical (unpaired) electrons. The number of anilines is 1. The summed E-state index contributed by atoms with van der Waals surface area (Å²) >= 11 is 1.69. The third-order valence-corrected chi connectivity index (χ3v) is 4.09. The van der Waals surface area contributed by atoms with Crippen LogP contribution in [-0.2, 0) is 11.2 Å². The summed E-state index contributed by atoms with van der Waals surface area (Å²) in [6.07, 6.45) is 0.348. The summed E-state index contributed by atoms with van der Waals surface area (Å²) < 4.78 is 0. The second-order valence-corrected chi connectivity index (χ2v) is 6.08. The van der Waals surface area contributed by atoms with E-state index in [0.717, 1.165) is 16.1 Å². The molecule has 4 nitrogen and oxygen atoms in total. The summed E-state index contributed by atoms with van der Waals surface area (Å²) in [7, 11) is 0. The van der Waals surface area contributed by atoms with E-state index >= 15 is 0 Å². The number of nitrogens with one attached hydrogen (secondary N) is 2. The Bertz CT molecular complexity index is 746. The normalized spacial score (nSPS) is 10.5. The second-order valence-electron chi connectivity index (χ2n) is 4.79. The highest BCUT2D eigenvalue weighted by atomic mass is 32.1. The van der Waals surface area contributed by atoms with Gasteiger partial charge in [-0.2, -0.15) is 5.10 Å². The molecule has 21 heavy (non-hydrogen) atoms. The fraction of sp³-hybridized carbons (Fsp3) is 0.125. The first kappa shape index (κ1) is 13.6. The van der Waals surface area contributed by atoms with Crippen molar-refractivity contribution in [1.29, 1.82) is 0 Å². The Balaban J connectivity index is 1.66. The number of thiophene rings is 1. The van der Waals surface area contributed by atoms with Crippen LogP contribution in [0.5, 0.6) is 0 Å². The topological polar surface area (TPSA) is 57.8 Å². The summed E-state index contributed by atoms with van der Waals surface area (Å²) in [5.41, 5.74) is 1.91. The van der Waals surface area contributed by atoms with Gasteiger partial charge in [-0.1, -0.05) is 30.3 Å². The molecule has 0 unspecified atom stereocenters. The van der Waals surface area contributed by atoms with Gasteiger partial charge in [0.1, 0.15) is 0 Å². The first-order valence-electron chi connectivity index (χ1n) is 6.67. The van der Waals surface area contributed by atoms with Crippen LogP contribution in [-0.4, -0.2) is 16.1 Å². The maximum Gasteiger partial charge on any atom is 0.229 e. The van der Waals surface area contributed by atoms with Gasteiger partial charge in [0.2, 0.25) is 5.91 Å². The van der Waals surface area contributed by atoms with E-state index in [4.69, 9.17) is 0 Å². The highest BCUT2D eigenvalue weighted by Gasteiger charge is 2.09. The summed E-state index contributed by atoms with van der Waals surface area (Å²) in [6, 6.07) is 15.6. The SMILES string of the molecule is Cc1ccc(-c2cc(NC(=O)Cc3ccccc3)n[nH]2)s1. The van der Waals surface area contributed by atoms with Gasteiger partial charge in [-0.25, -0.2) is 0 Å². The molecule has 0 aliphatic heterocycles. The highest BCUT2D eigenvalue weighted by molar-refractivity contribution is 7.15. The van der Waals surface area contributed by atoms with E-state index in [0.29, 0.717) is 12.2 Å². The number of rotatable bonds is 4. The van der Waals surface area contributed by atoms with Crippen molar-refractivity contribution < 1.29 is 4.79 Å². The molecule has 0 aliphatic rings. The Morgan fingerprint density at radius 2 is 2.05 bits per heavy atom. The molecule has 2 aromatic heterocycles. The third kappa shape index (κ3) is 3.38. The van der Waals surface area contributed by atoms with Crippen molar-refractivity contribution in [2.24, 2.45) is 0 Å². The molecule has 1 amide bonds. The minimum absolute atomic E-state index is 0.0680. The molecule has 0 saturated carbocycles. The van der Waals surface area contributed by atoms with E-state index in [1.165, 1.54) is 4.88 Å². The van der Waals surface area contributed by atoms with Crippen LogP contribution in [0.3, 0.4) is 0 Å². The molecule has 1 aromatic carbocycles. The molecule has 5 heteroatoms. The zero-order valence-corrected chi connectivity index (χ0v) is 12.4. The van der Waals surface area contributed by atoms with Crippen LogP contribution in [0, 0.1) is 6.92 Å². The number of nitrogens with zero attached hydrogens (tertiary/aromatic N) is 1. The summed E-state index contributed by atoms with van der Waals surface area (Å²) in [6.45, 7) is 2.06. The van der Waals surface area contributed by atoms with E-state index < -0.39 is 0 Å². The Hall–Kier alpha value is -2.40. The lowest BCUT2D eigenvalue weighted by Crippen LogP contribution is -2.14. The molecule has 3 rings (SSSR count). The standard InChI is InChI=1S/C16H15N3OS/c1-11-7-8-14(21-11)13-10-15(19-18-13)17-16(20)9-12-5-3-2-4-6-12/h2-8,10H,9H2,1H3,(H2,17,18,19,20). The van der Waals surface area contributed by atoms with Gasteiger partial charge in [-0.15, -0.1) is 11.3 Å². The van der Waals surface area contributed by atoms with Gasteiger partial charge in [0.05, 0.1) is 17.0 Å². The van der Waals surface area contributed by atoms with Crippen LogP contribution in [0.15, 0.2) is 48.5 Å².